The third-order valence-electron chi connectivity index (χ3n) is 5.21. The number of aryl methyl sites for hydroxylation is 2. The summed E-state index contributed by atoms with van der Waals surface area (Å²) in [6, 6.07) is 5.15. The second kappa shape index (κ2) is 8.10. The molecule has 146 valence electrons. The summed E-state index contributed by atoms with van der Waals surface area (Å²) in [6.07, 6.45) is 0.797. The maximum Gasteiger partial charge on any atom is 0.336 e. The molecule has 2 heterocycles. The number of piperidine rings is 1. The van der Waals surface area contributed by atoms with Gasteiger partial charge in [-0.3, -0.25) is 4.79 Å². The first-order valence-electron chi connectivity index (χ1n) is 9.21. The molecule has 3 N–H and O–H groups in total. The summed E-state index contributed by atoms with van der Waals surface area (Å²) < 4.78 is 11.1. The van der Waals surface area contributed by atoms with Crippen LogP contribution in [0.3, 0.4) is 0 Å². The maximum atomic E-state index is 11.6. The largest absolute Gasteiger partial charge is 0.490 e. The zero-order valence-corrected chi connectivity index (χ0v) is 15.7. The molecule has 7 heteroatoms. The lowest BCUT2D eigenvalue weighted by Gasteiger charge is -2.31. The highest BCUT2D eigenvalue weighted by Crippen LogP contribution is 2.28. The number of rotatable bonds is 6. The van der Waals surface area contributed by atoms with Gasteiger partial charge in [-0.05, 0) is 57.5 Å². The second-order valence-corrected chi connectivity index (χ2v) is 7.26. The van der Waals surface area contributed by atoms with Crippen LogP contribution in [0.2, 0.25) is 0 Å². The molecular formula is C20H26N2O5. The number of aliphatic hydroxyl groups is 1. The molecule has 0 unspecified atom stereocenters. The first-order chi connectivity index (χ1) is 12.8. The number of carbonyl (C=O) groups is 1. The molecule has 27 heavy (non-hydrogen) atoms. The Labute approximate surface area is 157 Å². The fourth-order valence-corrected chi connectivity index (χ4v) is 3.59. The molecule has 0 bridgehead atoms. The van der Waals surface area contributed by atoms with Crippen molar-refractivity contribution in [3.63, 3.8) is 0 Å². The van der Waals surface area contributed by atoms with Crippen LogP contribution in [0, 0.1) is 19.8 Å². The van der Waals surface area contributed by atoms with E-state index in [1.165, 1.54) is 6.07 Å². The maximum absolute atomic E-state index is 11.6. The Morgan fingerprint density at radius 1 is 1.37 bits per heavy atom. The summed E-state index contributed by atoms with van der Waals surface area (Å²) in [5, 5.41) is 11.2. The minimum atomic E-state index is -0.658. The monoisotopic (exact) mass is 374 g/mol. The summed E-state index contributed by atoms with van der Waals surface area (Å²) in [4.78, 5) is 25.0. The lowest BCUT2D eigenvalue weighted by Crippen LogP contribution is -2.43. The summed E-state index contributed by atoms with van der Waals surface area (Å²) in [5.74, 6) is 0.281. The Morgan fingerprint density at radius 3 is 2.74 bits per heavy atom. The van der Waals surface area contributed by atoms with Crippen LogP contribution in [0.15, 0.2) is 27.4 Å². The van der Waals surface area contributed by atoms with Crippen LogP contribution >= 0.6 is 0 Å². The number of primary amides is 1. The average Bonchev–Trinajstić information content (AvgIpc) is 2.62. The number of amides is 1. The molecule has 1 aliphatic rings. The van der Waals surface area contributed by atoms with Crippen molar-refractivity contribution in [2.75, 3.05) is 26.2 Å². The van der Waals surface area contributed by atoms with Crippen LogP contribution in [0.5, 0.6) is 5.75 Å². The SMILES string of the molecule is Cc1cc(=O)oc2c(C)c(OC[C@H](O)CN3CCC(C(N)=O)CC3)ccc12. The molecule has 1 aliphatic heterocycles. The van der Waals surface area contributed by atoms with E-state index in [1.54, 1.807) is 0 Å². The fraction of sp³-hybridized carbons (Fsp3) is 0.500. The van der Waals surface area contributed by atoms with Gasteiger partial charge in [0.1, 0.15) is 24.0 Å². The van der Waals surface area contributed by atoms with Gasteiger partial charge in [-0.2, -0.15) is 0 Å². The van der Waals surface area contributed by atoms with Gasteiger partial charge < -0.3 is 24.9 Å². The highest BCUT2D eigenvalue weighted by molar-refractivity contribution is 5.84. The number of hydrogen-bond acceptors (Lipinski definition) is 6. The minimum Gasteiger partial charge on any atom is -0.490 e. The lowest BCUT2D eigenvalue weighted by atomic mass is 9.96. The van der Waals surface area contributed by atoms with E-state index in [2.05, 4.69) is 4.90 Å². The van der Waals surface area contributed by atoms with Crippen LogP contribution in [0.1, 0.15) is 24.0 Å². The fourth-order valence-electron chi connectivity index (χ4n) is 3.59. The number of likely N-dealkylation sites (tertiary alicyclic amines) is 1. The van der Waals surface area contributed by atoms with Crippen LogP contribution in [-0.2, 0) is 4.79 Å². The quantitative estimate of drug-likeness (QED) is 0.739. The number of nitrogens with zero attached hydrogens (tertiary/aromatic N) is 1. The smallest absolute Gasteiger partial charge is 0.336 e. The van der Waals surface area contributed by atoms with Crippen molar-refractivity contribution in [1.29, 1.82) is 0 Å². The molecule has 1 atom stereocenters. The molecule has 1 amide bonds. The summed E-state index contributed by atoms with van der Waals surface area (Å²) in [7, 11) is 0. The van der Waals surface area contributed by atoms with E-state index in [0.29, 0.717) is 17.9 Å². The number of fused-ring (bicyclic) bond motifs is 1. The molecule has 1 aromatic carbocycles. The summed E-state index contributed by atoms with van der Waals surface area (Å²) in [6.45, 7) is 5.80. The molecule has 7 nitrogen and oxygen atoms in total. The summed E-state index contributed by atoms with van der Waals surface area (Å²) >= 11 is 0. The Hall–Kier alpha value is -2.38. The van der Waals surface area contributed by atoms with E-state index < -0.39 is 6.10 Å². The molecular weight excluding hydrogens is 348 g/mol. The van der Waals surface area contributed by atoms with Gasteiger partial charge in [-0.1, -0.05) is 0 Å². The van der Waals surface area contributed by atoms with Crippen LogP contribution in [0.4, 0.5) is 0 Å². The van der Waals surface area contributed by atoms with Gasteiger partial charge in [0.25, 0.3) is 0 Å². The van der Waals surface area contributed by atoms with Gasteiger partial charge >= 0.3 is 5.63 Å². The van der Waals surface area contributed by atoms with E-state index in [1.807, 2.05) is 26.0 Å². The number of aliphatic hydroxyl groups excluding tert-OH is 1. The van der Waals surface area contributed by atoms with Crippen molar-refractivity contribution in [1.82, 2.24) is 4.90 Å². The predicted octanol–water partition coefficient (Wildman–Crippen LogP) is 1.35. The Balaban J connectivity index is 1.59. The van der Waals surface area contributed by atoms with Crippen LogP contribution < -0.4 is 16.1 Å². The van der Waals surface area contributed by atoms with Crippen molar-refractivity contribution in [2.45, 2.75) is 32.8 Å². The van der Waals surface area contributed by atoms with Crippen molar-refractivity contribution in [3.05, 3.63) is 39.7 Å². The third kappa shape index (κ3) is 4.48. The molecule has 1 saturated heterocycles. The lowest BCUT2D eigenvalue weighted by molar-refractivity contribution is -0.123. The first kappa shape index (κ1) is 19.4. The number of hydrogen-bond donors (Lipinski definition) is 2. The molecule has 2 aromatic rings. The van der Waals surface area contributed by atoms with Gasteiger partial charge in [-0.25, -0.2) is 4.79 Å². The van der Waals surface area contributed by atoms with Crippen molar-refractivity contribution >= 4 is 16.9 Å². The van der Waals surface area contributed by atoms with Crippen molar-refractivity contribution in [3.8, 4) is 5.75 Å². The van der Waals surface area contributed by atoms with Gasteiger partial charge in [-0.15, -0.1) is 0 Å². The number of ether oxygens (including phenoxy) is 1. The van der Waals surface area contributed by atoms with Gasteiger partial charge in [0.05, 0.1) is 0 Å². The zero-order chi connectivity index (χ0) is 19.6. The number of benzene rings is 1. The highest BCUT2D eigenvalue weighted by Gasteiger charge is 2.24. The number of carbonyl (C=O) groups excluding carboxylic acids is 1. The van der Waals surface area contributed by atoms with Crippen molar-refractivity contribution in [2.24, 2.45) is 11.7 Å². The standard InChI is InChI=1S/C20H26N2O5/c1-12-9-18(24)27-19-13(2)17(4-3-16(12)19)26-11-15(23)10-22-7-5-14(6-8-22)20(21)25/h3-4,9,14-15,23H,5-8,10-11H2,1-2H3,(H2,21,25)/t15-/m1/s1. The van der Waals surface area contributed by atoms with E-state index in [0.717, 1.165) is 42.4 Å². The molecule has 1 fully saturated rings. The van der Waals surface area contributed by atoms with Gasteiger partial charge in [0.2, 0.25) is 5.91 Å². The van der Waals surface area contributed by atoms with Gasteiger partial charge in [0.15, 0.2) is 0 Å². The topological polar surface area (TPSA) is 106 Å². The first-order valence-corrected chi connectivity index (χ1v) is 9.21. The van der Waals surface area contributed by atoms with Crippen molar-refractivity contribution < 1.29 is 19.1 Å². The molecule has 0 spiro atoms. The normalized spacial score (nSPS) is 17.1. The van der Waals surface area contributed by atoms with E-state index in [4.69, 9.17) is 14.9 Å². The zero-order valence-electron chi connectivity index (χ0n) is 15.7. The minimum absolute atomic E-state index is 0.0620. The second-order valence-electron chi connectivity index (χ2n) is 7.26. The van der Waals surface area contributed by atoms with Crippen LogP contribution in [0.25, 0.3) is 11.0 Å². The Kier molecular flexibility index (Phi) is 5.82. The third-order valence-corrected chi connectivity index (χ3v) is 5.21. The molecule has 1 aromatic heterocycles. The highest BCUT2D eigenvalue weighted by atomic mass is 16.5. The number of β-amino-alcohol motifs (C(OH)–C–C–N with tert-alkyl or cyclic N) is 1. The molecule has 0 saturated carbocycles. The molecule has 0 radical (unpaired) electrons. The Morgan fingerprint density at radius 2 is 2.07 bits per heavy atom. The van der Waals surface area contributed by atoms with Crippen LogP contribution in [-0.4, -0.2) is 48.3 Å². The van der Waals surface area contributed by atoms with E-state index in [-0.39, 0.29) is 24.1 Å². The summed E-state index contributed by atoms with van der Waals surface area (Å²) in [5.41, 5.74) is 7.06. The van der Waals surface area contributed by atoms with E-state index in [9.17, 15) is 14.7 Å². The molecule has 0 aliphatic carbocycles. The van der Waals surface area contributed by atoms with Gasteiger partial charge in [0, 0.05) is 29.5 Å². The predicted molar refractivity (Wildman–Crippen MR) is 102 cm³/mol. The average molecular weight is 374 g/mol. The Bertz CT molecular complexity index is 884. The van der Waals surface area contributed by atoms with E-state index >= 15 is 0 Å². The number of nitrogens with two attached hydrogens (primary N) is 1. The molecule has 3 rings (SSSR count).